The fourth-order valence-corrected chi connectivity index (χ4v) is 2.32. The molecule has 1 atom stereocenters. The summed E-state index contributed by atoms with van der Waals surface area (Å²) in [5, 5.41) is 6.68. The Hall–Kier alpha value is 0.310. The van der Waals surface area contributed by atoms with E-state index >= 15 is 0 Å². The fourth-order valence-electron chi connectivity index (χ4n) is 2.01. The van der Waals surface area contributed by atoms with Crippen molar-refractivity contribution in [2.24, 2.45) is 10.9 Å². The molecule has 0 bridgehead atoms. The molecule has 0 radical (unpaired) electrons. The Kier molecular flexibility index (Phi) is 11.2. The molecule has 1 aliphatic rings. The minimum Gasteiger partial charge on any atom is -0.357 e. The zero-order valence-corrected chi connectivity index (χ0v) is 15.8. The summed E-state index contributed by atoms with van der Waals surface area (Å²) in [6, 6.07) is 0.598. The molecule has 1 fully saturated rings. The number of aliphatic imine (C=N–C) groups is 1. The van der Waals surface area contributed by atoms with Gasteiger partial charge in [-0.25, -0.2) is 0 Å². The summed E-state index contributed by atoms with van der Waals surface area (Å²) >= 11 is 1.85. The molecule has 1 aliphatic carbocycles. The summed E-state index contributed by atoms with van der Waals surface area (Å²) in [6.07, 6.45) is 4.87. The number of halogens is 1. The van der Waals surface area contributed by atoms with Crippen LogP contribution in [-0.4, -0.2) is 62.6 Å². The van der Waals surface area contributed by atoms with Crippen LogP contribution in [0.2, 0.25) is 0 Å². The van der Waals surface area contributed by atoms with Gasteiger partial charge in [-0.15, -0.1) is 24.0 Å². The molecule has 4 nitrogen and oxygen atoms in total. The van der Waals surface area contributed by atoms with Crippen molar-refractivity contribution in [2.75, 3.05) is 45.7 Å². The van der Waals surface area contributed by atoms with E-state index in [1.165, 1.54) is 12.8 Å². The number of nitrogens with one attached hydrogen (secondary N) is 2. The second-order valence-electron chi connectivity index (χ2n) is 5.01. The molecule has 0 spiro atoms. The molecule has 19 heavy (non-hydrogen) atoms. The Labute approximate surface area is 139 Å². The topological polar surface area (TPSA) is 39.7 Å². The van der Waals surface area contributed by atoms with Crippen molar-refractivity contribution in [2.45, 2.75) is 25.8 Å². The van der Waals surface area contributed by atoms with Gasteiger partial charge >= 0.3 is 0 Å². The van der Waals surface area contributed by atoms with Crippen LogP contribution in [0.15, 0.2) is 4.99 Å². The Morgan fingerprint density at radius 2 is 2.05 bits per heavy atom. The zero-order chi connectivity index (χ0) is 13.4. The molecule has 0 saturated heterocycles. The zero-order valence-electron chi connectivity index (χ0n) is 12.6. The van der Waals surface area contributed by atoms with Gasteiger partial charge in [-0.3, -0.25) is 4.99 Å². The third kappa shape index (κ3) is 8.24. The van der Waals surface area contributed by atoms with Gasteiger partial charge in [0.1, 0.15) is 0 Å². The van der Waals surface area contributed by atoms with Crippen LogP contribution in [0.4, 0.5) is 0 Å². The monoisotopic (exact) mass is 400 g/mol. The van der Waals surface area contributed by atoms with E-state index in [1.807, 2.05) is 11.8 Å². The number of hydrogen-bond acceptors (Lipinski definition) is 3. The molecular formula is C13H29IN4S. The summed E-state index contributed by atoms with van der Waals surface area (Å²) in [5.74, 6) is 2.93. The third-order valence-electron chi connectivity index (χ3n) is 3.21. The van der Waals surface area contributed by atoms with Crippen molar-refractivity contribution in [1.29, 1.82) is 0 Å². The average molecular weight is 400 g/mol. The van der Waals surface area contributed by atoms with E-state index in [4.69, 9.17) is 4.99 Å². The van der Waals surface area contributed by atoms with E-state index in [0.717, 1.165) is 37.3 Å². The molecule has 0 aromatic carbocycles. The maximum Gasteiger partial charge on any atom is 0.191 e. The van der Waals surface area contributed by atoms with E-state index in [-0.39, 0.29) is 24.0 Å². The molecule has 1 saturated carbocycles. The van der Waals surface area contributed by atoms with Crippen molar-refractivity contribution < 1.29 is 0 Å². The normalized spacial score (nSPS) is 17.0. The summed E-state index contributed by atoms with van der Waals surface area (Å²) in [6.45, 7) is 4.90. The van der Waals surface area contributed by atoms with Crippen molar-refractivity contribution in [3.63, 3.8) is 0 Å². The summed E-state index contributed by atoms with van der Waals surface area (Å²) in [5.41, 5.74) is 0. The van der Waals surface area contributed by atoms with E-state index in [9.17, 15) is 0 Å². The van der Waals surface area contributed by atoms with Crippen molar-refractivity contribution in [3.8, 4) is 0 Å². The van der Waals surface area contributed by atoms with Gasteiger partial charge in [0.15, 0.2) is 5.96 Å². The number of thioether (sulfide) groups is 1. The van der Waals surface area contributed by atoms with Crippen LogP contribution in [0, 0.1) is 5.92 Å². The smallest absolute Gasteiger partial charge is 0.191 e. The highest BCUT2D eigenvalue weighted by Crippen LogP contribution is 2.34. The molecule has 0 aromatic heterocycles. The second-order valence-corrected chi connectivity index (χ2v) is 5.99. The number of hydrogen-bond donors (Lipinski definition) is 2. The van der Waals surface area contributed by atoms with Crippen LogP contribution < -0.4 is 10.6 Å². The van der Waals surface area contributed by atoms with E-state index in [1.54, 1.807) is 0 Å². The first kappa shape index (κ1) is 19.3. The summed E-state index contributed by atoms with van der Waals surface area (Å²) in [4.78, 5) is 7.02. The maximum absolute atomic E-state index is 4.71. The second kappa shape index (κ2) is 11.0. The Balaban J connectivity index is 0.00000324. The first-order valence-electron chi connectivity index (χ1n) is 6.86. The third-order valence-corrected chi connectivity index (χ3v) is 3.82. The molecule has 0 aliphatic heterocycles. The highest BCUT2D eigenvalue weighted by Gasteiger charge is 2.32. The van der Waals surface area contributed by atoms with Gasteiger partial charge < -0.3 is 15.5 Å². The minimum atomic E-state index is 0. The molecule has 0 amide bonds. The quantitative estimate of drug-likeness (QED) is 0.283. The predicted octanol–water partition coefficient (Wildman–Crippen LogP) is 1.86. The average Bonchev–Trinajstić information content (AvgIpc) is 3.13. The van der Waals surface area contributed by atoms with E-state index in [0.29, 0.717) is 6.04 Å². The van der Waals surface area contributed by atoms with Gasteiger partial charge in [0.2, 0.25) is 0 Å². The number of rotatable bonds is 8. The van der Waals surface area contributed by atoms with E-state index in [2.05, 4.69) is 42.8 Å². The molecule has 2 N–H and O–H groups in total. The number of likely N-dealkylation sites (N-methyl/N-ethyl adjacent to an activating group) is 1. The van der Waals surface area contributed by atoms with Crippen molar-refractivity contribution in [1.82, 2.24) is 15.5 Å². The van der Waals surface area contributed by atoms with Crippen LogP contribution in [-0.2, 0) is 0 Å². The Bertz CT molecular complexity index is 255. The van der Waals surface area contributed by atoms with Crippen LogP contribution in [0.1, 0.15) is 19.8 Å². The molecular weight excluding hydrogens is 371 g/mol. The van der Waals surface area contributed by atoms with Crippen molar-refractivity contribution in [3.05, 3.63) is 0 Å². The lowest BCUT2D eigenvalue weighted by Gasteiger charge is -2.22. The lowest BCUT2D eigenvalue weighted by Crippen LogP contribution is -2.40. The minimum absolute atomic E-state index is 0. The van der Waals surface area contributed by atoms with Gasteiger partial charge in [-0.1, -0.05) is 0 Å². The highest BCUT2D eigenvalue weighted by atomic mass is 127. The highest BCUT2D eigenvalue weighted by molar-refractivity contribution is 14.0. The van der Waals surface area contributed by atoms with Gasteiger partial charge in [-0.2, -0.15) is 11.8 Å². The molecule has 6 heteroatoms. The summed E-state index contributed by atoms with van der Waals surface area (Å²) in [7, 11) is 4.32. The van der Waals surface area contributed by atoms with Crippen LogP contribution in [0.3, 0.4) is 0 Å². The standard InChI is InChI=1S/C13H28N4S.HI/c1-5-14-13(15-8-9-18-4)16-10-12(17(2)3)11-6-7-11;/h11-12H,5-10H2,1-4H3,(H2,14,15,16);1H. The van der Waals surface area contributed by atoms with Gasteiger partial charge in [0.25, 0.3) is 0 Å². The number of guanidine groups is 1. The molecule has 114 valence electrons. The largest absolute Gasteiger partial charge is 0.357 e. The van der Waals surface area contributed by atoms with Crippen LogP contribution >= 0.6 is 35.7 Å². The molecule has 1 rings (SSSR count). The molecule has 1 unspecified atom stereocenters. The van der Waals surface area contributed by atoms with Gasteiger partial charge in [0, 0.05) is 24.9 Å². The lowest BCUT2D eigenvalue weighted by atomic mass is 10.2. The maximum atomic E-state index is 4.71. The first-order valence-corrected chi connectivity index (χ1v) is 8.26. The Morgan fingerprint density at radius 3 is 2.53 bits per heavy atom. The predicted molar refractivity (Wildman–Crippen MR) is 98.0 cm³/mol. The van der Waals surface area contributed by atoms with Crippen LogP contribution in [0.5, 0.6) is 0 Å². The van der Waals surface area contributed by atoms with Crippen molar-refractivity contribution >= 4 is 41.7 Å². The molecule has 0 heterocycles. The molecule has 0 aromatic rings. The SMILES string of the molecule is CCNC(=NCC(C1CC1)N(C)C)NCCSC.I. The lowest BCUT2D eigenvalue weighted by molar-refractivity contribution is 0.271. The van der Waals surface area contributed by atoms with Crippen LogP contribution in [0.25, 0.3) is 0 Å². The fraction of sp³-hybridized carbons (Fsp3) is 0.923. The van der Waals surface area contributed by atoms with Gasteiger partial charge in [-0.05, 0) is 46.0 Å². The Morgan fingerprint density at radius 1 is 1.37 bits per heavy atom. The number of nitrogens with zero attached hydrogens (tertiary/aromatic N) is 2. The first-order chi connectivity index (χ1) is 8.69. The van der Waals surface area contributed by atoms with Gasteiger partial charge in [0.05, 0.1) is 6.54 Å². The van der Waals surface area contributed by atoms with E-state index < -0.39 is 0 Å². The summed E-state index contributed by atoms with van der Waals surface area (Å²) < 4.78 is 0.